The van der Waals surface area contributed by atoms with Gasteiger partial charge in [-0.2, -0.15) is 0 Å². The zero-order valence-corrected chi connectivity index (χ0v) is 10.1. The summed E-state index contributed by atoms with van der Waals surface area (Å²) in [5, 5.41) is 16.2. The molecule has 16 heavy (non-hydrogen) atoms. The molecule has 0 radical (unpaired) electrons. The first kappa shape index (κ1) is 18.5. The van der Waals surface area contributed by atoms with E-state index in [0.717, 1.165) is 0 Å². The molecule has 0 aromatic carbocycles. The van der Waals surface area contributed by atoms with Gasteiger partial charge in [-0.3, -0.25) is 9.13 Å². The van der Waals surface area contributed by atoms with Gasteiger partial charge in [0, 0.05) is 0 Å². The summed E-state index contributed by atoms with van der Waals surface area (Å²) in [6, 6.07) is 0. The van der Waals surface area contributed by atoms with Crippen molar-refractivity contribution < 1.29 is 43.7 Å². The summed E-state index contributed by atoms with van der Waals surface area (Å²) < 4.78 is 24.3. The molecule has 100 valence electrons. The lowest BCUT2D eigenvalue weighted by Gasteiger charge is -2.03. The molecule has 0 aromatic heterocycles. The summed E-state index contributed by atoms with van der Waals surface area (Å²) in [6.45, 7) is 0.696. The van der Waals surface area contributed by atoms with Crippen LogP contribution >= 0.6 is 15.2 Å². The van der Waals surface area contributed by atoms with Crippen molar-refractivity contribution in [3.05, 3.63) is 0 Å². The van der Waals surface area contributed by atoms with E-state index in [9.17, 15) is 9.13 Å². The van der Waals surface area contributed by atoms with E-state index < -0.39 is 21.1 Å². The molecule has 0 fully saturated rings. The van der Waals surface area contributed by atoms with Crippen LogP contribution in [0.2, 0.25) is 0 Å². The molecule has 6 N–H and O–H groups in total. The zero-order valence-electron chi connectivity index (χ0n) is 8.34. The third kappa shape index (κ3) is 23.8. The van der Waals surface area contributed by atoms with Gasteiger partial charge in [0.15, 0.2) is 5.90 Å². The van der Waals surface area contributed by atoms with Crippen LogP contribution in [0.3, 0.4) is 0 Å². The van der Waals surface area contributed by atoms with Gasteiger partial charge in [-0.25, -0.2) is 0 Å². The number of ether oxygens (including phenoxy) is 1. The molecule has 11 heteroatoms. The Balaban J connectivity index is 0. The standard InChI is InChI=1S/C4H10O3.CH6O6P2/c5-1-3-7-4-2-6;2-8(3,4)1-9(5,6)7/h5-6H,1-4H2;1H2,(H2,2,3,4)(H2,5,6,7). The van der Waals surface area contributed by atoms with Gasteiger partial charge < -0.3 is 34.5 Å². The van der Waals surface area contributed by atoms with Gasteiger partial charge in [0.25, 0.3) is 0 Å². The van der Waals surface area contributed by atoms with Gasteiger partial charge in [0.1, 0.15) is 0 Å². The van der Waals surface area contributed by atoms with Crippen molar-refractivity contribution in [2.75, 3.05) is 32.3 Å². The fraction of sp³-hybridized carbons (Fsp3) is 1.00. The number of aliphatic hydroxyl groups is 2. The van der Waals surface area contributed by atoms with Crippen molar-refractivity contribution in [2.45, 2.75) is 0 Å². The molecule has 0 heterocycles. The Kier molecular flexibility index (Phi) is 10.7. The predicted molar refractivity (Wildman–Crippen MR) is 53.9 cm³/mol. The summed E-state index contributed by atoms with van der Waals surface area (Å²) in [5.74, 6) is -1.38. The molecule has 0 aliphatic carbocycles. The Bertz CT molecular complexity index is 218. The van der Waals surface area contributed by atoms with Crippen LogP contribution in [0.25, 0.3) is 0 Å². The minimum absolute atomic E-state index is 0.0278. The molecule has 0 rings (SSSR count). The molecule has 0 saturated carbocycles. The lowest BCUT2D eigenvalue weighted by Crippen LogP contribution is -2.03. The zero-order chi connectivity index (χ0) is 13.2. The van der Waals surface area contributed by atoms with E-state index in [-0.39, 0.29) is 13.2 Å². The Morgan fingerprint density at radius 2 is 1.12 bits per heavy atom. The van der Waals surface area contributed by atoms with Gasteiger partial charge in [-0.05, 0) is 0 Å². The molecule has 0 bridgehead atoms. The molecule has 0 aliphatic rings. The minimum Gasteiger partial charge on any atom is -0.394 e. The Morgan fingerprint density at radius 1 is 0.812 bits per heavy atom. The van der Waals surface area contributed by atoms with Gasteiger partial charge >= 0.3 is 15.2 Å². The molecule has 9 nitrogen and oxygen atoms in total. The molecule has 0 aromatic rings. The summed E-state index contributed by atoms with van der Waals surface area (Å²) >= 11 is 0. The van der Waals surface area contributed by atoms with Crippen molar-refractivity contribution in [1.29, 1.82) is 0 Å². The lowest BCUT2D eigenvalue weighted by molar-refractivity contribution is 0.0650. The van der Waals surface area contributed by atoms with Crippen LogP contribution in [0.1, 0.15) is 0 Å². The number of aliphatic hydroxyl groups excluding tert-OH is 2. The largest absolute Gasteiger partial charge is 0.394 e. The van der Waals surface area contributed by atoms with E-state index in [4.69, 9.17) is 29.8 Å². The molecular formula is C5H16O9P2. The first-order valence-electron chi connectivity index (χ1n) is 4.01. The third-order valence-corrected chi connectivity index (χ3v) is 3.79. The van der Waals surface area contributed by atoms with Crippen molar-refractivity contribution in [3.8, 4) is 0 Å². The van der Waals surface area contributed by atoms with Crippen LogP contribution < -0.4 is 0 Å². The Morgan fingerprint density at radius 3 is 1.25 bits per heavy atom. The summed E-state index contributed by atoms with van der Waals surface area (Å²) in [7, 11) is -9.10. The predicted octanol–water partition coefficient (Wildman–Crippen LogP) is -1.71. The molecule has 0 spiro atoms. The SMILES string of the molecule is O=P(O)(O)CP(=O)(O)O.OCCOCCO. The van der Waals surface area contributed by atoms with Crippen LogP contribution in [0.15, 0.2) is 0 Å². The monoisotopic (exact) mass is 282 g/mol. The highest BCUT2D eigenvalue weighted by Gasteiger charge is 2.26. The molecule has 0 saturated heterocycles. The summed E-state index contributed by atoms with van der Waals surface area (Å²) in [4.78, 5) is 31.9. The fourth-order valence-corrected chi connectivity index (χ4v) is 2.39. The number of hydrogen-bond donors (Lipinski definition) is 6. The van der Waals surface area contributed by atoms with Crippen LogP contribution in [-0.2, 0) is 13.9 Å². The maximum Gasteiger partial charge on any atom is 0.337 e. The normalized spacial score (nSPS) is 11.9. The third-order valence-electron chi connectivity index (χ3n) is 0.840. The van der Waals surface area contributed by atoms with Crippen molar-refractivity contribution in [2.24, 2.45) is 0 Å². The van der Waals surface area contributed by atoms with Crippen molar-refractivity contribution in [3.63, 3.8) is 0 Å². The smallest absolute Gasteiger partial charge is 0.337 e. The second kappa shape index (κ2) is 9.23. The minimum atomic E-state index is -4.55. The Labute approximate surface area is 92.0 Å². The van der Waals surface area contributed by atoms with E-state index >= 15 is 0 Å². The summed E-state index contributed by atoms with van der Waals surface area (Å²) in [6.07, 6.45) is 0. The van der Waals surface area contributed by atoms with Crippen molar-refractivity contribution >= 4 is 15.2 Å². The molecule has 0 aliphatic heterocycles. The molecule has 0 unspecified atom stereocenters. The van der Waals surface area contributed by atoms with E-state index in [1.165, 1.54) is 0 Å². The molecule has 0 atom stereocenters. The molecular weight excluding hydrogens is 266 g/mol. The van der Waals surface area contributed by atoms with Crippen LogP contribution in [0.5, 0.6) is 0 Å². The van der Waals surface area contributed by atoms with Gasteiger partial charge in [0.05, 0.1) is 26.4 Å². The van der Waals surface area contributed by atoms with Crippen LogP contribution in [0, 0.1) is 0 Å². The van der Waals surface area contributed by atoms with Crippen molar-refractivity contribution in [1.82, 2.24) is 0 Å². The number of rotatable bonds is 6. The van der Waals surface area contributed by atoms with E-state index in [1.54, 1.807) is 0 Å². The first-order valence-corrected chi connectivity index (χ1v) is 7.60. The molecule has 0 amide bonds. The average Bonchev–Trinajstić information content (AvgIpc) is 1.99. The van der Waals surface area contributed by atoms with E-state index in [1.807, 2.05) is 0 Å². The highest BCUT2D eigenvalue weighted by atomic mass is 31.2. The second-order valence-corrected chi connectivity index (χ2v) is 6.32. The highest BCUT2D eigenvalue weighted by molar-refractivity contribution is 7.69. The Hall–Kier alpha value is 0.180. The second-order valence-electron chi connectivity index (χ2n) is 2.53. The lowest BCUT2D eigenvalue weighted by atomic mass is 10.7. The van der Waals surface area contributed by atoms with E-state index in [0.29, 0.717) is 13.2 Å². The number of hydrogen-bond acceptors (Lipinski definition) is 5. The first-order chi connectivity index (χ1) is 7.12. The summed E-state index contributed by atoms with van der Waals surface area (Å²) in [5.41, 5.74) is 0. The maximum absolute atomic E-state index is 9.85. The van der Waals surface area contributed by atoms with Gasteiger partial charge in [-0.15, -0.1) is 0 Å². The quantitative estimate of drug-likeness (QED) is 0.245. The fourth-order valence-electron chi connectivity index (χ4n) is 0.471. The van der Waals surface area contributed by atoms with Crippen LogP contribution in [0.4, 0.5) is 0 Å². The van der Waals surface area contributed by atoms with Gasteiger partial charge in [0.2, 0.25) is 0 Å². The highest BCUT2D eigenvalue weighted by Crippen LogP contribution is 2.51. The van der Waals surface area contributed by atoms with Crippen LogP contribution in [-0.4, -0.2) is 62.1 Å². The van der Waals surface area contributed by atoms with E-state index in [2.05, 4.69) is 4.74 Å². The van der Waals surface area contributed by atoms with Gasteiger partial charge in [-0.1, -0.05) is 0 Å². The average molecular weight is 282 g/mol. The topological polar surface area (TPSA) is 165 Å². The maximum atomic E-state index is 9.85.